The number of halogens is 1. The molecule has 1 atom stereocenters. The van der Waals surface area contributed by atoms with Gasteiger partial charge in [0.15, 0.2) is 5.65 Å². The van der Waals surface area contributed by atoms with Crippen molar-refractivity contribution in [2.45, 2.75) is 25.3 Å². The highest BCUT2D eigenvalue weighted by Crippen LogP contribution is 2.22. The zero-order chi connectivity index (χ0) is 14.9. The molecule has 1 unspecified atom stereocenters. The molecular formula is C17H17FN4. The van der Waals surface area contributed by atoms with Crippen LogP contribution in [0.2, 0.25) is 0 Å². The molecular weight excluding hydrogens is 279 g/mol. The number of pyridine rings is 1. The predicted molar refractivity (Wildman–Crippen MR) is 83.6 cm³/mol. The monoisotopic (exact) mass is 296 g/mol. The molecule has 1 aliphatic rings. The van der Waals surface area contributed by atoms with Crippen LogP contribution in [0, 0.1) is 5.82 Å². The fourth-order valence-corrected chi connectivity index (χ4v) is 3.13. The van der Waals surface area contributed by atoms with Crippen LogP contribution in [0.5, 0.6) is 0 Å². The topological polar surface area (TPSA) is 42.7 Å². The van der Waals surface area contributed by atoms with Gasteiger partial charge >= 0.3 is 0 Å². The van der Waals surface area contributed by atoms with E-state index in [-0.39, 0.29) is 5.82 Å². The van der Waals surface area contributed by atoms with Gasteiger partial charge in [0.05, 0.1) is 5.69 Å². The maximum atomic E-state index is 13.6. The summed E-state index contributed by atoms with van der Waals surface area (Å²) >= 11 is 0. The lowest BCUT2D eigenvalue weighted by Crippen LogP contribution is -2.25. The normalized spacial score (nSPS) is 18.1. The molecule has 2 aromatic heterocycles. The first-order valence-electron chi connectivity index (χ1n) is 7.63. The minimum Gasteiger partial charge on any atom is -0.314 e. The number of nitrogens with one attached hydrogen (secondary N) is 1. The van der Waals surface area contributed by atoms with E-state index in [4.69, 9.17) is 4.98 Å². The van der Waals surface area contributed by atoms with Gasteiger partial charge < -0.3 is 5.32 Å². The molecule has 0 saturated carbocycles. The van der Waals surface area contributed by atoms with E-state index in [0.29, 0.717) is 6.04 Å². The smallest absolute Gasteiger partial charge is 0.164 e. The second-order valence-electron chi connectivity index (χ2n) is 5.69. The third-order valence-electron chi connectivity index (χ3n) is 4.14. The molecule has 0 bridgehead atoms. The van der Waals surface area contributed by atoms with E-state index < -0.39 is 0 Å². The Bertz CT molecular complexity index is 805. The summed E-state index contributed by atoms with van der Waals surface area (Å²) in [5, 5.41) is 3.49. The van der Waals surface area contributed by atoms with Gasteiger partial charge in [-0.1, -0.05) is 6.07 Å². The highest BCUT2D eigenvalue weighted by Gasteiger charge is 2.20. The van der Waals surface area contributed by atoms with Gasteiger partial charge in [0, 0.05) is 18.7 Å². The molecule has 3 heterocycles. The summed E-state index contributed by atoms with van der Waals surface area (Å²) < 4.78 is 15.6. The Labute approximate surface area is 128 Å². The number of aromatic nitrogens is 3. The third-order valence-corrected chi connectivity index (χ3v) is 4.14. The molecule has 0 radical (unpaired) electrons. The van der Waals surface area contributed by atoms with Crippen LogP contribution >= 0.6 is 0 Å². The first-order chi connectivity index (χ1) is 10.8. The molecule has 0 spiro atoms. The van der Waals surface area contributed by atoms with Gasteiger partial charge in [-0.15, -0.1) is 0 Å². The van der Waals surface area contributed by atoms with E-state index >= 15 is 0 Å². The molecule has 3 aromatic rings. The fourth-order valence-electron chi connectivity index (χ4n) is 3.13. The van der Waals surface area contributed by atoms with Crippen LogP contribution in [-0.4, -0.2) is 27.1 Å². The Balaban J connectivity index is 1.85. The molecule has 1 aliphatic heterocycles. The number of hydrogen-bond donors (Lipinski definition) is 1. The van der Waals surface area contributed by atoms with E-state index in [1.54, 1.807) is 12.3 Å². The summed E-state index contributed by atoms with van der Waals surface area (Å²) in [6, 6.07) is 10.9. The van der Waals surface area contributed by atoms with Gasteiger partial charge in [0.25, 0.3) is 0 Å². The first kappa shape index (κ1) is 13.4. The van der Waals surface area contributed by atoms with Crippen LogP contribution in [0.1, 0.15) is 18.7 Å². The van der Waals surface area contributed by atoms with Gasteiger partial charge in [-0.2, -0.15) is 0 Å². The fraction of sp³-hybridized carbons (Fsp3) is 0.294. The molecule has 1 aromatic carbocycles. The van der Waals surface area contributed by atoms with Crippen molar-refractivity contribution in [3.8, 4) is 5.69 Å². The van der Waals surface area contributed by atoms with Crippen LogP contribution in [0.25, 0.3) is 16.9 Å². The molecule has 112 valence electrons. The lowest BCUT2D eigenvalue weighted by molar-refractivity contribution is 0.581. The highest BCUT2D eigenvalue weighted by molar-refractivity contribution is 5.73. The lowest BCUT2D eigenvalue weighted by Gasteiger charge is -2.12. The number of benzene rings is 1. The molecule has 4 nitrogen and oxygen atoms in total. The van der Waals surface area contributed by atoms with Crippen molar-refractivity contribution in [2.24, 2.45) is 0 Å². The van der Waals surface area contributed by atoms with E-state index in [0.717, 1.165) is 42.1 Å². The van der Waals surface area contributed by atoms with Crippen LogP contribution in [0.15, 0.2) is 42.6 Å². The van der Waals surface area contributed by atoms with Crippen LogP contribution in [0.4, 0.5) is 4.39 Å². The second kappa shape index (κ2) is 5.50. The van der Waals surface area contributed by atoms with E-state index in [1.165, 1.54) is 18.6 Å². The van der Waals surface area contributed by atoms with Crippen LogP contribution in [-0.2, 0) is 6.42 Å². The van der Waals surface area contributed by atoms with Gasteiger partial charge in [-0.25, -0.2) is 14.4 Å². The van der Waals surface area contributed by atoms with E-state index in [2.05, 4.69) is 10.3 Å². The minimum absolute atomic E-state index is 0.250. The minimum atomic E-state index is -0.250. The Morgan fingerprint density at radius 2 is 2.23 bits per heavy atom. The van der Waals surface area contributed by atoms with Gasteiger partial charge in [-0.3, -0.25) is 4.57 Å². The largest absolute Gasteiger partial charge is 0.314 e. The first-order valence-corrected chi connectivity index (χ1v) is 7.63. The van der Waals surface area contributed by atoms with Crippen molar-refractivity contribution >= 4 is 11.2 Å². The number of nitrogens with zero attached hydrogens (tertiary/aromatic N) is 3. The number of imidazole rings is 1. The van der Waals surface area contributed by atoms with E-state index in [9.17, 15) is 4.39 Å². The summed E-state index contributed by atoms with van der Waals surface area (Å²) in [6.07, 6.45) is 4.92. The SMILES string of the molecule is Fc1cccc(-n2c(CC3CCCN3)nc3cccnc32)c1. The van der Waals surface area contributed by atoms with E-state index in [1.807, 2.05) is 22.8 Å². The lowest BCUT2D eigenvalue weighted by atomic mass is 10.1. The summed E-state index contributed by atoms with van der Waals surface area (Å²) in [4.78, 5) is 9.16. The van der Waals surface area contributed by atoms with Crippen LogP contribution < -0.4 is 5.32 Å². The standard InChI is InChI=1S/C17H17FN4/c18-12-4-1-6-14(10-12)22-16(11-13-5-2-8-19-13)21-15-7-3-9-20-17(15)22/h1,3-4,6-7,9-10,13,19H,2,5,8,11H2. The molecule has 1 N–H and O–H groups in total. The number of rotatable bonds is 3. The average Bonchev–Trinajstić information content (AvgIpc) is 3.14. The second-order valence-corrected chi connectivity index (χ2v) is 5.69. The predicted octanol–water partition coefficient (Wildman–Crippen LogP) is 2.85. The van der Waals surface area contributed by atoms with Gasteiger partial charge in [0.2, 0.25) is 0 Å². The summed E-state index contributed by atoms with van der Waals surface area (Å²) in [5.41, 5.74) is 2.40. The number of hydrogen-bond acceptors (Lipinski definition) is 3. The Morgan fingerprint density at radius 3 is 3.05 bits per heavy atom. The molecule has 4 rings (SSSR count). The van der Waals surface area contributed by atoms with Crippen molar-refractivity contribution < 1.29 is 4.39 Å². The molecule has 1 saturated heterocycles. The van der Waals surface area contributed by atoms with Gasteiger partial charge in [-0.05, 0) is 49.7 Å². The summed E-state index contributed by atoms with van der Waals surface area (Å²) in [7, 11) is 0. The third kappa shape index (κ3) is 2.37. The van der Waals surface area contributed by atoms with Crippen molar-refractivity contribution in [3.63, 3.8) is 0 Å². The Hall–Kier alpha value is -2.27. The molecule has 0 amide bonds. The zero-order valence-electron chi connectivity index (χ0n) is 12.2. The molecule has 0 aliphatic carbocycles. The Kier molecular flexibility index (Phi) is 3.35. The van der Waals surface area contributed by atoms with Crippen molar-refractivity contribution in [1.82, 2.24) is 19.9 Å². The average molecular weight is 296 g/mol. The number of fused-ring (bicyclic) bond motifs is 1. The summed E-state index contributed by atoms with van der Waals surface area (Å²) in [5.74, 6) is 0.680. The molecule has 1 fully saturated rings. The maximum Gasteiger partial charge on any atom is 0.164 e. The van der Waals surface area contributed by atoms with Crippen LogP contribution in [0.3, 0.4) is 0 Å². The highest BCUT2D eigenvalue weighted by atomic mass is 19.1. The van der Waals surface area contributed by atoms with Crippen molar-refractivity contribution in [2.75, 3.05) is 6.54 Å². The van der Waals surface area contributed by atoms with Crippen molar-refractivity contribution in [3.05, 3.63) is 54.2 Å². The maximum absolute atomic E-state index is 13.6. The van der Waals surface area contributed by atoms with Gasteiger partial charge in [0.1, 0.15) is 17.2 Å². The quantitative estimate of drug-likeness (QED) is 0.808. The zero-order valence-corrected chi connectivity index (χ0v) is 12.2. The molecule has 22 heavy (non-hydrogen) atoms. The van der Waals surface area contributed by atoms with Crippen molar-refractivity contribution in [1.29, 1.82) is 0 Å². The molecule has 5 heteroatoms. The summed E-state index contributed by atoms with van der Waals surface area (Å²) in [6.45, 7) is 1.06. The Morgan fingerprint density at radius 1 is 1.27 bits per heavy atom.